The van der Waals surface area contributed by atoms with Gasteiger partial charge in [-0.25, -0.2) is 0 Å². The Hall–Kier alpha value is -1.87. The lowest BCUT2D eigenvalue weighted by atomic mass is 9.99. The number of rotatable bonds is 8. The third kappa shape index (κ3) is 5.96. The number of allylic oxidation sites excluding steroid dienone is 1. The molecule has 0 saturated carbocycles. The Bertz CT molecular complexity index is 476. The highest BCUT2D eigenvalue weighted by molar-refractivity contribution is 5.67. The van der Waals surface area contributed by atoms with Crippen LogP contribution >= 0.6 is 0 Å². The van der Waals surface area contributed by atoms with Gasteiger partial charge < -0.3 is 9.47 Å². The van der Waals surface area contributed by atoms with Crippen molar-refractivity contribution >= 4 is 5.97 Å². The van der Waals surface area contributed by atoms with Crippen molar-refractivity contribution in [2.24, 2.45) is 5.92 Å². The highest BCUT2D eigenvalue weighted by Gasteiger charge is 2.22. The minimum atomic E-state index is -0.310. The zero-order chi connectivity index (χ0) is 15.7. The predicted molar refractivity (Wildman–Crippen MR) is 84.5 cm³/mol. The molecule has 0 unspecified atom stereocenters. The van der Waals surface area contributed by atoms with Crippen LogP contribution in [0, 0.1) is 5.92 Å². The molecule has 0 aliphatic carbocycles. The Kier molecular flexibility index (Phi) is 7.48. The first kappa shape index (κ1) is 17.2. The molecular formula is C18H24O3. The molecule has 1 aromatic rings. The minimum Gasteiger partial charge on any atom is -0.431 e. The average molecular weight is 288 g/mol. The molecule has 21 heavy (non-hydrogen) atoms. The number of carbonyl (C=O) groups excluding carboxylic acids is 1. The van der Waals surface area contributed by atoms with Gasteiger partial charge in [0.1, 0.15) is 5.76 Å². The molecule has 0 saturated heterocycles. The van der Waals surface area contributed by atoms with E-state index < -0.39 is 0 Å². The van der Waals surface area contributed by atoms with Crippen molar-refractivity contribution in [3.05, 3.63) is 60.4 Å². The van der Waals surface area contributed by atoms with Gasteiger partial charge in [0, 0.05) is 12.8 Å². The number of benzene rings is 1. The second-order valence-electron chi connectivity index (χ2n) is 4.93. The van der Waals surface area contributed by atoms with Crippen molar-refractivity contribution in [1.82, 2.24) is 0 Å². The SMILES string of the molecule is C=CC[C@H](OCc1ccccc1)[C@H](C)/C(=C/C)OC(C)=O. The Balaban J connectivity index is 2.70. The summed E-state index contributed by atoms with van der Waals surface area (Å²) >= 11 is 0. The molecule has 0 aliphatic rings. The summed E-state index contributed by atoms with van der Waals surface area (Å²) in [5.74, 6) is 0.318. The third-order valence-electron chi connectivity index (χ3n) is 3.26. The van der Waals surface area contributed by atoms with E-state index in [0.29, 0.717) is 18.8 Å². The number of esters is 1. The van der Waals surface area contributed by atoms with E-state index in [-0.39, 0.29) is 18.0 Å². The van der Waals surface area contributed by atoms with Crippen LogP contribution in [-0.2, 0) is 20.9 Å². The van der Waals surface area contributed by atoms with Crippen LogP contribution in [0.3, 0.4) is 0 Å². The maximum absolute atomic E-state index is 11.2. The topological polar surface area (TPSA) is 35.5 Å². The summed E-state index contributed by atoms with van der Waals surface area (Å²) in [5.41, 5.74) is 1.12. The maximum Gasteiger partial charge on any atom is 0.307 e. The Morgan fingerprint density at radius 3 is 2.52 bits per heavy atom. The monoisotopic (exact) mass is 288 g/mol. The number of hydrogen-bond donors (Lipinski definition) is 0. The summed E-state index contributed by atoms with van der Waals surface area (Å²) < 4.78 is 11.2. The molecule has 0 fully saturated rings. The largest absolute Gasteiger partial charge is 0.431 e. The fourth-order valence-corrected chi connectivity index (χ4v) is 2.12. The lowest BCUT2D eigenvalue weighted by molar-refractivity contribution is -0.138. The first-order valence-electron chi connectivity index (χ1n) is 7.19. The zero-order valence-corrected chi connectivity index (χ0v) is 13.0. The van der Waals surface area contributed by atoms with Gasteiger partial charge >= 0.3 is 5.97 Å². The van der Waals surface area contributed by atoms with Crippen LogP contribution in [0.1, 0.15) is 32.8 Å². The van der Waals surface area contributed by atoms with Crippen LogP contribution in [0.4, 0.5) is 0 Å². The van der Waals surface area contributed by atoms with Gasteiger partial charge in [-0.3, -0.25) is 4.79 Å². The first-order valence-corrected chi connectivity index (χ1v) is 7.19. The standard InChI is InChI=1S/C18H24O3/c1-5-10-18(14(3)17(6-2)21-15(4)19)20-13-16-11-8-7-9-12-16/h5-9,11-12,14,18H,1,10,13H2,2-4H3/b17-6-/t14-,18+/m1/s1. The van der Waals surface area contributed by atoms with E-state index in [1.54, 1.807) is 0 Å². The van der Waals surface area contributed by atoms with Crippen LogP contribution in [0.2, 0.25) is 0 Å². The maximum atomic E-state index is 11.2. The third-order valence-corrected chi connectivity index (χ3v) is 3.26. The van der Waals surface area contributed by atoms with E-state index in [1.807, 2.05) is 56.3 Å². The molecule has 0 spiro atoms. The molecule has 114 valence electrons. The minimum absolute atomic E-state index is 0.0133. The molecule has 0 heterocycles. The van der Waals surface area contributed by atoms with Gasteiger partial charge in [0.2, 0.25) is 0 Å². The Morgan fingerprint density at radius 2 is 2.00 bits per heavy atom. The van der Waals surface area contributed by atoms with Crippen molar-refractivity contribution < 1.29 is 14.3 Å². The van der Waals surface area contributed by atoms with Crippen LogP contribution in [0.5, 0.6) is 0 Å². The Labute approximate surface area is 127 Å². The van der Waals surface area contributed by atoms with Gasteiger partial charge in [-0.05, 0) is 25.0 Å². The van der Waals surface area contributed by atoms with Gasteiger partial charge in [0.15, 0.2) is 0 Å². The highest BCUT2D eigenvalue weighted by atomic mass is 16.5. The molecular weight excluding hydrogens is 264 g/mol. The van der Waals surface area contributed by atoms with Crippen LogP contribution in [0.15, 0.2) is 54.8 Å². The lowest BCUT2D eigenvalue weighted by Gasteiger charge is -2.25. The molecule has 0 aromatic heterocycles. The van der Waals surface area contributed by atoms with E-state index >= 15 is 0 Å². The second kappa shape index (κ2) is 9.14. The Morgan fingerprint density at radius 1 is 1.33 bits per heavy atom. The fraction of sp³-hybridized carbons (Fsp3) is 0.389. The first-order chi connectivity index (χ1) is 10.1. The molecule has 0 radical (unpaired) electrons. The smallest absolute Gasteiger partial charge is 0.307 e. The van der Waals surface area contributed by atoms with Crippen LogP contribution in [-0.4, -0.2) is 12.1 Å². The van der Waals surface area contributed by atoms with E-state index in [1.165, 1.54) is 6.92 Å². The summed E-state index contributed by atoms with van der Waals surface area (Å²) in [5, 5.41) is 0. The number of carbonyl (C=O) groups is 1. The molecule has 1 rings (SSSR count). The quantitative estimate of drug-likeness (QED) is 0.407. The molecule has 3 nitrogen and oxygen atoms in total. The summed E-state index contributed by atoms with van der Waals surface area (Å²) in [6.07, 6.45) is 4.27. The van der Waals surface area contributed by atoms with Gasteiger partial charge in [-0.15, -0.1) is 6.58 Å². The van der Waals surface area contributed by atoms with Gasteiger partial charge in [0.05, 0.1) is 12.7 Å². The van der Waals surface area contributed by atoms with Crippen LogP contribution in [0.25, 0.3) is 0 Å². The molecule has 0 bridgehead atoms. The predicted octanol–water partition coefficient (Wildman–Crippen LogP) is 4.25. The summed E-state index contributed by atoms with van der Waals surface area (Å²) in [6.45, 7) is 9.57. The number of ether oxygens (including phenoxy) is 2. The van der Waals surface area contributed by atoms with E-state index in [4.69, 9.17) is 9.47 Å². The van der Waals surface area contributed by atoms with E-state index in [9.17, 15) is 4.79 Å². The molecule has 1 aromatic carbocycles. The van der Waals surface area contributed by atoms with Crippen molar-refractivity contribution in [1.29, 1.82) is 0 Å². The summed E-state index contributed by atoms with van der Waals surface area (Å²) in [6, 6.07) is 10.0. The van der Waals surface area contributed by atoms with Crippen LogP contribution < -0.4 is 0 Å². The molecule has 0 N–H and O–H groups in total. The van der Waals surface area contributed by atoms with Gasteiger partial charge in [-0.2, -0.15) is 0 Å². The molecule has 2 atom stereocenters. The lowest BCUT2D eigenvalue weighted by Crippen LogP contribution is -2.24. The van der Waals surface area contributed by atoms with Gasteiger partial charge in [0.25, 0.3) is 0 Å². The van der Waals surface area contributed by atoms with Crippen molar-refractivity contribution in [3.63, 3.8) is 0 Å². The number of hydrogen-bond acceptors (Lipinski definition) is 3. The summed E-state index contributed by atoms with van der Waals surface area (Å²) in [4.78, 5) is 11.2. The normalized spacial score (nSPS) is 14.3. The van der Waals surface area contributed by atoms with Gasteiger partial charge in [-0.1, -0.05) is 43.3 Å². The van der Waals surface area contributed by atoms with Crippen molar-refractivity contribution in [3.8, 4) is 0 Å². The summed E-state index contributed by atoms with van der Waals surface area (Å²) in [7, 11) is 0. The zero-order valence-electron chi connectivity index (χ0n) is 13.0. The van der Waals surface area contributed by atoms with E-state index in [0.717, 1.165) is 5.56 Å². The van der Waals surface area contributed by atoms with Crippen molar-refractivity contribution in [2.75, 3.05) is 0 Å². The second-order valence-corrected chi connectivity index (χ2v) is 4.93. The van der Waals surface area contributed by atoms with E-state index in [2.05, 4.69) is 6.58 Å². The highest BCUT2D eigenvalue weighted by Crippen LogP contribution is 2.23. The molecule has 0 amide bonds. The average Bonchev–Trinajstić information content (AvgIpc) is 2.49. The molecule has 3 heteroatoms. The molecule has 0 aliphatic heterocycles. The fourth-order valence-electron chi connectivity index (χ4n) is 2.12. The van der Waals surface area contributed by atoms with Crippen molar-refractivity contribution in [2.45, 2.75) is 39.9 Å².